The van der Waals surface area contributed by atoms with Crippen molar-refractivity contribution in [3.8, 4) is 0 Å². The van der Waals surface area contributed by atoms with E-state index in [2.05, 4.69) is 0 Å². The van der Waals surface area contributed by atoms with Crippen LogP contribution in [0, 0.1) is 0 Å². The maximum Gasteiger partial charge on any atom is 0.416 e. The Bertz CT molecular complexity index is 378. The summed E-state index contributed by atoms with van der Waals surface area (Å²) in [6.07, 6.45) is -4.42. The molecule has 1 amide bonds. The molecular weight excluding hydrogens is 231 g/mol. The number of hydrogen-bond acceptors (Lipinski definition) is 1. The summed E-state index contributed by atoms with van der Waals surface area (Å²) in [6.45, 7) is 0. The fourth-order valence-electron chi connectivity index (χ4n) is 0.992. The second-order valence-electron chi connectivity index (χ2n) is 2.86. The Morgan fingerprint density at radius 1 is 1.40 bits per heavy atom. The molecule has 2 nitrogen and oxygen atoms in total. The lowest BCUT2D eigenvalue weighted by Crippen LogP contribution is -2.20. The fourth-order valence-corrected chi connectivity index (χ4v) is 1.09. The van der Waals surface area contributed by atoms with Crippen molar-refractivity contribution in [1.82, 2.24) is 0 Å². The molecule has 82 valence electrons. The van der Waals surface area contributed by atoms with Gasteiger partial charge in [0.15, 0.2) is 0 Å². The Kier molecular flexibility index (Phi) is 3.24. The largest absolute Gasteiger partial charge is 0.416 e. The van der Waals surface area contributed by atoms with Gasteiger partial charge in [-0.3, -0.25) is 4.79 Å². The molecule has 0 heterocycles. The lowest BCUT2D eigenvalue weighted by molar-refractivity contribution is -0.137. The second-order valence-corrected chi connectivity index (χ2v) is 3.18. The maximum absolute atomic E-state index is 12.3. The van der Waals surface area contributed by atoms with Crippen molar-refractivity contribution in [1.29, 1.82) is 0 Å². The average Bonchev–Trinajstić information content (AvgIpc) is 2.15. The van der Waals surface area contributed by atoms with Crippen LogP contribution in [0.3, 0.4) is 0 Å². The minimum absolute atomic E-state index is 0.102. The molecule has 0 aromatic heterocycles. The lowest BCUT2D eigenvalue weighted by Gasteiger charge is -2.15. The summed E-state index contributed by atoms with van der Waals surface area (Å²) in [6, 6.07) is 4.38. The monoisotopic (exact) mass is 237 g/mol. The molecule has 0 spiro atoms. The third kappa shape index (κ3) is 2.86. The van der Waals surface area contributed by atoms with Crippen LogP contribution in [0.15, 0.2) is 24.3 Å². The van der Waals surface area contributed by atoms with E-state index in [-0.39, 0.29) is 5.69 Å². The van der Waals surface area contributed by atoms with Gasteiger partial charge in [-0.2, -0.15) is 13.2 Å². The smallest absolute Gasteiger partial charge is 0.302 e. The molecule has 1 aromatic carbocycles. The van der Waals surface area contributed by atoms with Gasteiger partial charge in [0.25, 0.3) is 0 Å². The van der Waals surface area contributed by atoms with E-state index in [4.69, 9.17) is 11.6 Å². The molecule has 0 saturated heterocycles. The SMILES string of the molecule is CN(C(=O)Cl)c1cccc(C(F)(F)F)c1. The van der Waals surface area contributed by atoms with Crippen molar-refractivity contribution in [2.75, 3.05) is 11.9 Å². The van der Waals surface area contributed by atoms with Crippen LogP contribution in [-0.2, 0) is 6.18 Å². The zero-order chi connectivity index (χ0) is 11.6. The van der Waals surface area contributed by atoms with Gasteiger partial charge in [-0.05, 0) is 29.8 Å². The summed E-state index contributed by atoms with van der Waals surface area (Å²) in [5.74, 6) is 0. The molecule has 0 aliphatic heterocycles. The van der Waals surface area contributed by atoms with E-state index in [0.29, 0.717) is 0 Å². The highest BCUT2D eigenvalue weighted by Crippen LogP contribution is 2.31. The van der Waals surface area contributed by atoms with Crippen molar-refractivity contribution >= 4 is 22.7 Å². The van der Waals surface area contributed by atoms with E-state index < -0.39 is 17.1 Å². The first-order valence-electron chi connectivity index (χ1n) is 3.93. The van der Waals surface area contributed by atoms with Gasteiger partial charge in [-0.25, -0.2) is 0 Å². The van der Waals surface area contributed by atoms with Crippen molar-refractivity contribution in [3.63, 3.8) is 0 Å². The lowest BCUT2D eigenvalue weighted by atomic mass is 10.2. The van der Waals surface area contributed by atoms with Crippen LogP contribution in [0.5, 0.6) is 0 Å². The fraction of sp³-hybridized carbons (Fsp3) is 0.222. The summed E-state index contributed by atoms with van der Waals surface area (Å²) >= 11 is 5.14. The topological polar surface area (TPSA) is 20.3 Å². The van der Waals surface area contributed by atoms with Gasteiger partial charge in [0, 0.05) is 12.7 Å². The summed E-state index contributed by atoms with van der Waals surface area (Å²) in [4.78, 5) is 11.6. The molecule has 0 fully saturated rings. The molecule has 15 heavy (non-hydrogen) atoms. The van der Waals surface area contributed by atoms with E-state index >= 15 is 0 Å². The van der Waals surface area contributed by atoms with Gasteiger partial charge in [-0.1, -0.05) is 6.07 Å². The van der Waals surface area contributed by atoms with E-state index in [0.717, 1.165) is 17.0 Å². The molecule has 0 saturated carbocycles. The van der Waals surface area contributed by atoms with Crippen molar-refractivity contribution in [2.24, 2.45) is 0 Å². The minimum Gasteiger partial charge on any atom is -0.302 e. The summed E-state index contributed by atoms with van der Waals surface area (Å²) in [5.41, 5.74) is -0.713. The predicted octanol–water partition coefficient (Wildman–Crippen LogP) is 3.50. The van der Waals surface area contributed by atoms with Crippen LogP contribution in [0.1, 0.15) is 5.56 Å². The van der Waals surface area contributed by atoms with Gasteiger partial charge >= 0.3 is 11.5 Å². The maximum atomic E-state index is 12.3. The van der Waals surface area contributed by atoms with Crippen molar-refractivity contribution < 1.29 is 18.0 Å². The van der Waals surface area contributed by atoms with E-state index in [1.807, 2.05) is 0 Å². The van der Waals surface area contributed by atoms with Crippen LogP contribution in [0.25, 0.3) is 0 Å². The quantitative estimate of drug-likeness (QED) is 0.541. The van der Waals surface area contributed by atoms with Crippen molar-refractivity contribution in [3.05, 3.63) is 29.8 Å². The molecule has 6 heteroatoms. The number of anilines is 1. The Morgan fingerprint density at radius 3 is 2.47 bits per heavy atom. The Hall–Kier alpha value is -1.23. The third-order valence-electron chi connectivity index (χ3n) is 1.82. The molecular formula is C9H7ClF3NO. The van der Waals surface area contributed by atoms with Crippen molar-refractivity contribution in [2.45, 2.75) is 6.18 Å². The molecule has 0 aliphatic carbocycles. The number of rotatable bonds is 1. The number of amides is 1. The number of hydrogen-bond donors (Lipinski definition) is 0. The van der Waals surface area contributed by atoms with Gasteiger partial charge in [-0.15, -0.1) is 0 Å². The first-order valence-corrected chi connectivity index (χ1v) is 4.30. The number of alkyl halides is 3. The van der Waals surface area contributed by atoms with Gasteiger partial charge in [0.1, 0.15) is 0 Å². The summed E-state index contributed by atoms with van der Waals surface area (Å²) < 4.78 is 36.9. The number of benzene rings is 1. The standard InChI is InChI=1S/C9H7ClF3NO/c1-14(8(10)15)7-4-2-3-6(5-7)9(11,12)13/h2-5H,1H3. The van der Waals surface area contributed by atoms with Gasteiger partial charge in [0.2, 0.25) is 0 Å². The molecule has 1 rings (SSSR count). The number of carbonyl (C=O) groups excluding carboxylic acids is 1. The molecule has 1 aromatic rings. The van der Waals surface area contributed by atoms with E-state index in [1.165, 1.54) is 19.2 Å². The highest BCUT2D eigenvalue weighted by Gasteiger charge is 2.30. The van der Waals surface area contributed by atoms with Crippen LogP contribution in [0.2, 0.25) is 0 Å². The summed E-state index contributed by atoms with van der Waals surface area (Å²) in [5, 5.41) is -0.839. The molecule has 0 atom stereocenters. The number of halogens is 4. The Morgan fingerprint density at radius 2 is 2.00 bits per heavy atom. The molecule has 0 N–H and O–H groups in total. The first-order chi connectivity index (χ1) is 6.82. The van der Waals surface area contributed by atoms with Crippen LogP contribution >= 0.6 is 11.6 Å². The zero-order valence-corrected chi connectivity index (χ0v) is 8.43. The highest BCUT2D eigenvalue weighted by molar-refractivity contribution is 6.66. The molecule has 0 radical (unpaired) electrons. The third-order valence-corrected chi connectivity index (χ3v) is 2.08. The molecule has 0 bridgehead atoms. The molecule has 0 aliphatic rings. The van der Waals surface area contributed by atoms with Crippen LogP contribution < -0.4 is 4.90 Å². The summed E-state index contributed by atoms with van der Waals surface area (Å²) in [7, 11) is 1.30. The average molecular weight is 238 g/mol. The minimum atomic E-state index is -4.42. The first kappa shape index (κ1) is 11.8. The van der Waals surface area contributed by atoms with Gasteiger partial charge in [0.05, 0.1) is 5.56 Å². The Balaban J connectivity index is 3.08. The van der Waals surface area contributed by atoms with Gasteiger partial charge < -0.3 is 4.90 Å². The highest BCUT2D eigenvalue weighted by atomic mass is 35.5. The van der Waals surface area contributed by atoms with Crippen LogP contribution in [0.4, 0.5) is 23.7 Å². The van der Waals surface area contributed by atoms with E-state index in [9.17, 15) is 18.0 Å². The van der Waals surface area contributed by atoms with Crippen LogP contribution in [-0.4, -0.2) is 12.4 Å². The normalized spacial score (nSPS) is 11.3. The van der Waals surface area contributed by atoms with E-state index in [1.54, 1.807) is 0 Å². The molecule has 0 unspecified atom stereocenters. The second kappa shape index (κ2) is 4.10. The predicted molar refractivity (Wildman–Crippen MR) is 51.1 cm³/mol. The number of carbonyl (C=O) groups is 1. The zero-order valence-electron chi connectivity index (χ0n) is 7.68. The Labute approximate surface area is 89.2 Å². The number of nitrogens with zero attached hydrogens (tertiary/aromatic N) is 1.